The molecule has 4 aliphatic carbocycles. The van der Waals surface area contributed by atoms with Crippen LogP contribution >= 0.6 is 0 Å². The van der Waals surface area contributed by atoms with Crippen molar-refractivity contribution in [3.8, 4) is 0 Å². The Balaban J connectivity index is 1.51. The van der Waals surface area contributed by atoms with Gasteiger partial charge in [-0.25, -0.2) is 0 Å². The normalized spacial score (nSPS) is 27.6. The minimum absolute atomic E-state index is 0.425. The Morgan fingerprint density at radius 1 is 0.600 bits per heavy atom. The maximum absolute atomic E-state index is 2.58. The average Bonchev–Trinajstić information content (AvgIpc) is 3.44. The van der Waals surface area contributed by atoms with Gasteiger partial charge in [0.05, 0.1) is 0 Å². The van der Waals surface area contributed by atoms with Crippen molar-refractivity contribution >= 4 is 8.07 Å². The SMILES string of the molecule is CC1=CC2=CC3C(=CC2=C1[Si](C)(C)C1=C2C=C4C(C=C2C=C1C)C(C)=C(C)N4C)N(C)C(C)=C3C. The van der Waals surface area contributed by atoms with Crippen molar-refractivity contribution in [1.82, 2.24) is 9.80 Å². The summed E-state index contributed by atoms with van der Waals surface area (Å²) in [6, 6.07) is 0. The van der Waals surface area contributed by atoms with Crippen molar-refractivity contribution < 1.29 is 0 Å². The third-order valence-corrected chi connectivity index (χ3v) is 13.5. The number of rotatable bonds is 2. The molecule has 35 heavy (non-hydrogen) atoms. The number of fused-ring (bicyclic) bond motifs is 4. The molecule has 0 radical (unpaired) electrons. The van der Waals surface area contributed by atoms with Crippen molar-refractivity contribution in [3.63, 3.8) is 0 Å². The van der Waals surface area contributed by atoms with Crippen LogP contribution in [0.25, 0.3) is 0 Å². The monoisotopic (exact) mass is 478 g/mol. The third-order valence-electron chi connectivity index (χ3n) is 9.71. The van der Waals surface area contributed by atoms with Crippen LogP contribution in [0.1, 0.15) is 41.5 Å². The fourth-order valence-electron chi connectivity index (χ4n) is 7.53. The molecule has 0 saturated carbocycles. The zero-order chi connectivity index (χ0) is 25.1. The van der Waals surface area contributed by atoms with Crippen LogP contribution in [0.2, 0.25) is 13.1 Å². The zero-order valence-corrected chi connectivity index (χ0v) is 24.0. The quantitative estimate of drug-likeness (QED) is 0.376. The highest BCUT2D eigenvalue weighted by molar-refractivity contribution is 6.92. The van der Waals surface area contributed by atoms with E-state index in [2.05, 4.69) is 115 Å². The van der Waals surface area contributed by atoms with Gasteiger partial charge in [-0.1, -0.05) is 48.5 Å². The van der Waals surface area contributed by atoms with E-state index in [1.165, 1.54) is 67.4 Å². The first-order valence-corrected chi connectivity index (χ1v) is 16.0. The molecule has 0 aromatic carbocycles. The molecule has 2 heterocycles. The van der Waals surface area contributed by atoms with Gasteiger partial charge in [-0.2, -0.15) is 0 Å². The molecule has 0 N–H and O–H groups in total. The zero-order valence-electron chi connectivity index (χ0n) is 23.0. The van der Waals surface area contributed by atoms with Crippen molar-refractivity contribution in [2.75, 3.05) is 14.1 Å². The molecule has 2 unspecified atom stereocenters. The Morgan fingerprint density at radius 2 is 0.971 bits per heavy atom. The number of hydrogen-bond donors (Lipinski definition) is 0. The van der Waals surface area contributed by atoms with Crippen LogP contribution in [0, 0.1) is 11.8 Å². The van der Waals surface area contributed by atoms with Gasteiger partial charge in [0.15, 0.2) is 0 Å². The average molecular weight is 479 g/mol. The minimum Gasteiger partial charge on any atom is -0.351 e. The molecule has 180 valence electrons. The Kier molecular flexibility index (Phi) is 4.62. The molecule has 0 fully saturated rings. The van der Waals surface area contributed by atoms with Gasteiger partial charge in [-0.15, -0.1) is 0 Å². The Morgan fingerprint density at radius 3 is 1.34 bits per heavy atom. The van der Waals surface area contributed by atoms with Crippen molar-refractivity contribution in [3.05, 3.63) is 114 Å². The van der Waals surface area contributed by atoms with Crippen LogP contribution < -0.4 is 0 Å². The molecule has 2 atom stereocenters. The molecular weight excluding hydrogens is 440 g/mol. The summed E-state index contributed by atoms with van der Waals surface area (Å²) in [5.41, 5.74) is 17.4. The summed E-state index contributed by atoms with van der Waals surface area (Å²) in [7, 11) is 2.47. The predicted octanol–water partition coefficient (Wildman–Crippen LogP) is 7.65. The number of hydrogen-bond acceptors (Lipinski definition) is 2. The second kappa shape index (κ2) is 7.13. The third kappa shape index (κ3) is 2.82. The first-order valence-electron chi connectivity index (χ1n) is 13.0. The standard InChI is InChI=1S/C32H38N2Si/c1-17-11-23-13-25-19(3)21(5)33(7)29(25)15-27(23)31(17)35(9,10)32-18(2)12-24-14-26-20(4)22(6)34(8)30(26)16-28(24)32/h11-16,25-26H,1-10H3. The van der Waals surface area contributed by atoms with Crippen LogP contribution in [0.5, 0.6) is 0 Å². The van der Waals surface area contributed by atoms with Crippen molar-refractivity contribution in [2.45, 2.75) is 54.6 Å². The van der Waals surface area contributed by atoms with Crippen LogP contribution in [0.3, 0.4) is 0 Å². The lowest BCUT2D eigenvalue weighted by molar-refractivity contribution is 0.522. The molecule has 2 aliphatic heterocycles. The molecule has 0 amide bonds. The van der Waals surface area contributed by atoms with Gasteiger partial charge < -0.3 is 9.80 Å². The summed E-state index contributed by atoms with van der Waals surface area (Å²) < 4.78 is 0. The lowest BCUT2D eigenvalue weighted by Crippen LogP contribution is -2.35. The van der Waals surface area contributed by atoms with E-state index in [-0.39, 0.29) is 0 Å². The predicted molar refractivity (Wildman–Crippen MR) is 151 cm³/mol. The van der Waals surface area contributed by atoms with E-state index in [4.69, 9.17) is 0 Å². The Bertz CT molecular complexity index is 1330. The van der Waals surface area contributed by atoms with E-state index in [0.29, 0.717) is 11.8 Å². The van der Waals surface area contributed by atoms with E-state index < -0.39 is 8.07 Å². The Labute approximate surface area is 212 Å². The van der Waals surface area contributed by atoms with Crippen molar-refractivity contribution in [1.29, 1.82) is 0 Å². The fourth-order valence-corrected chi connectivity index (χ4v) is 11.7. The molecule has 0 bridgehead atoms. The molecular formula is C32H38N2Si. The molecule has 0 spiro atoms. The molecule has 6 rings (SSSR count). The Hall–Kier alpha value is -2.78. The second-order valence-corrected chi connectivity index (χ2v) is 16.1. The van der Waals surface area contributed by atoms with Crippen LogP contribution in [0.4, 0.5) is 0 Å². The molecule has 0 saturated heterocycles. The summed E-state index contributed by atoms with van der Waals surface area (Å²) in [5.74, 6) is 0.849. The van der Waals surface area contributed by atoms with E-state index >= 15 is 0 Å². The van der Waals surface area contributed by atoms with Gasteiger partial charge >= 0.3 is 0 Å². The highest BCUT2D eigenvalue weighted by atomic mass is 28.3. The summed E-state index contributed by atoms with van der Waals surface area (Å²) in [4.78, 5) is 4.81. The molecule has 0 aromatic heterocycles. The minimum atomic E-state index is -1.99. The van der Waals surface area contributed by atoms with E-state index in [1.807, 2.05) is 0 Å². The summed E-state index contributed by atoms with van der Waals surface area (Å²) in [6.45, 7) is 18.9. The van der Waals surface area contributed by atoms with E-state index in [9.17, 15) is 0 Å². The molecule has 3 heteroatoms. The van der Waals surface area contributed by atoms with Gasteiger partial charge in [-0.05, 0) is 97.5 Å². The smallest absolute Gasteiger partial charge is 0.114 e. The van der Waals surface area contributed by atoms with Crippen LogP contribution in [-0.4, -0.2) is 32.0 Å². The topological polar surface area (TPSA) is 6.48 Å². The van der Waals surface area contributed by atoms with Gasteiger partial charge in [0.25, 0.3) is 0 Å². The maximum Gasteiger partial charge on any atom is 0.114 e. The highest BCUT2D eigenvalue weighted by Gasteiger charge is 2.43. The van der Waals surface area contributed by atoms with Crippen LogP contribution in [0.15, 0.2) is 114 Å². The van der Waals surface area contributed by atoms with Crippen molar-refractivity contribution in [2.24, 2.45) is 11.8 Å². The lowest BCUT2D eigenvalue weighted by Gasteiger charge is -2.32. The van der Waals surface area contributed by atoms with Gasteiger partial charge in [0.2, 0.25) is 0 Å². The van der Waals surface area contributed by atoms with Gasteiger partial charge in [0, 0.05) is 48.7 Å². The lowest BCUT2D eigenvalue weighted by atomic mass is 9.89. The van der Waals surface area contributed by atoms with Gasteiger partial charge in [-0.3, -0.25) is 0 Å². The summed E-state index contributed by atoms with van der Waals surface area (Å²) >= 11 is 0. The molecule has 2 nitrogen and oxygen atoms in total. The first-order chi connectivity index (χ1) is 16.4. The fraction of sp³-hybridized carbons (Fsp3) is 0.375. The summed E-state index contributed by atoms with van der Waals surface area (Å²) in [5, 5.41) is 3.24. The highest BCUT2D eigenvalue weighted by Crippen LogP contribution is 2.52. The van der Waals surface area contributed by atoms with Crippen LogP contribution in [-0.2, 0) is 0 Å². The number of nitrogens with zero attached hydrogens (tertiary/aromatic N) is 2. The largest absolute Gasteiger partial charge is 0.351 e. The van der Waals surface area contributed by atoms with E-state index in [0.717, 1.165) is 0 Å². The van der Waals surface area contributed by atoms with E-state index in [1.54, 1.807) is 10.4 Å². The maximum atomic E-state index is 2.58. The molecule has 6 aliphatic rings. The first kappa shape index (κ1) is 22.7. The molecule has 0 aromatic rings. The number of allylic oxidation sites excluding steroid dienone is 16. The van der Waals surface area contributed by atoms with Gasteiger partial charge in [0.1, 0.15) is 8.07 Å². The summed E-state index contributed by atoms with van der Waals surface area (Å²) in [6.07, 6.45) is 15.0. The second-order valence-electron chi connectivity index (χ2n) is 11.8.